The van der Waals surface area contributed by atoms with Crippen LogP contribution in [0.25, 0.3) is 0 Å². The topological polar surface area (TPSA) is 9.23 Å². The van der Waals surface area contributed by atoms with E-state index in [1.54, 1.807) is 36.4 Å². The molecule has 0 aliphatic heterocycles. The molecule has 0 fully saturated rings. The standard InChI is InChI=1S/C15H15BrF2O/c1-3-4-5-11(2)10-19-14-7-6-13(16)8-12(14)9-15(17)18/h3-8,15H,1-2,9-10H2/b5-4-. The molecule has 1 nitrogen and oxygen atoms in total. The number of alkyl halides is 2. The summed E-state index contributed by atoms with van der Waals surface area (Å²) >= 11 is 3.26. The van der Waals surface area contributed by atoms with E-state index < -0.39 is 6.43 Å². The third-order valence-electron chi connectivity index (χ3n) is 2.28. The van der Waals surface area contributed by atoms with Crippen molar-refractivity contribution in [1.29, 1.82) is 0 Å². The van der Waals surface area contributed by atoms with Gasteiger partial charge in [-0.25, -0.2) is 8.78 Å². The quantitative estimate of drug-likeness (QED) is 0.644. The van der Waals surface area contributed by atoms with Gasteiger partial charge in [0.05, 0.1) is 0 Å². The van der Waals surface area contributed by atoms with E-state index in [9.17, 15) is 8.78 Å². The first-order valence-corrected chi connectivity index (χ1v) is 6.48. The van der Waals surface area contributed by atoms with Gasteiger partial charge in [-0.05, 0) is 23.8 Å². The van der Waals surface area contributed by atoms with Crippen LogP contribution in [0.2, 0.25) is 0 Å². The predicted octanol–water partition coefficient (Wildman–Crippen LogP) is 4.93. The Kier molecular flexibility index (Phi) is 6.50. The fourth-order valence-corrected chi connectivity index (χ4v) is 1.85. The Labute approximate surface area is 120 Å². The van der Waals surface area contributed by atoms with Crippen molar-refractivity contribution in [2.45, 2.75) is 12.8 Å². The highest BCUT2D eigenvalue weighted by Gasteiger charge is 2.11. The molecule has 1 rings (SSSR count). The lowest BCUT2D eigenvalue weighted by atomic mass is 10.1. The van der Waals surface area contributed by atoms with Crippen LogP contribution in [0.5, 0.6) is 5.75 Å². The zero-order valence-electron chi connectivity index (χ0n) is 10.4. The molecule has 0 saturated carbocycles. The van der Waals surface area contributed by atoms with Crippen molar-refractivity contribution in [2.75, 3.05) is 6.61 Å². The Bertz CT molecular complexity index is 481. The summed E-state index contributed by atoms with van der Waals surface area (Å²) in [7, 11) is 0. The first-order chi connectivity index (χ1) is 9.02. The van der Waals surface area contributed by atoms with E-state index in [4.69, 9.17) is 4.74 Å². The van der Waals surface area contributed by atoms with Gasteiger partial charge in [-0.2, -0.15) is 0 Å². The lowest BCUT2D eigenvalue weighted by Crippen LogP contribution is -2.04. The van der Waals surface area contributed by atoms with Crippen LogP contribution in [0.15, 0.2) is 59.6 Å². The van der Waals surface area contributed by atoms with Crippen molar-refractivity contribution in [3.8, 4) is 5.75 Å². The maximum atomic E-state index is 12.5. The maximum Gasteiger partial charge on any atom is 0.242 e. The van der Waals surface area contributed by atoms with Gasteiger partial charge in [-0.3, -0.25) is 0 Å². The molecule has 0 aromatic heterocycles. The first-order valence-electron chi connectivity index (χ1n) is 5.69. The number of halogens is 3. The Hall–Kier alpha value is -1.42. The van der Waals surface area contributed by atoms with E-state index in [0.717, 1.165) is 10.0 Å². The summed E-state index contributed by atoms with van der Waals surface area (Å²) in [5.41, 5.74) is 1.22. The number of hydrogen-bond donors (Lipinski definition) is 0. The number of rotatable bonds is 7. The molecule has 0 atom stereocenters. The first kappa shape index (κ1) is 15.6. The predicted molar refractivity (Wildman–Crippen MR) is 77.8 cm³/mol. The Morgan fingerprint density at radius 2 is 2.16 bits per heavy atom. The average molecular weight is 329 g/mol. The second-order valence-electron chi connectivity index (χ2n) is 3.89. The van der Waals surface area contributed by atoms with Crippen LogP contribution >= 0.6 is 15.9 Å². The second-order valence-corrected chi connectivity index (χ2v) is 4.80. The van der Waals surface area contributed by atoms with Crippen LogP contribution in [-0.2, 0) is 6.42 Å². The van der Waals surface area contributed by atoms with E-state index in [2.05, 4.69) is 29.1 Å². The monoisotopic (exact) mass is 328 g/mol. The molecule has 102 valence electrons. The van der Waals surface area contributed by atoms with E-state index >= 15 is 0 Å². The van der Waals surface area contributed by atoms with Crippen molar-refractivity contribution in [2.24, 2.45) is 0 Å². The van der Waals surface area contributed by atoms with Gasteiger partial charge in [0, 0.05) is 16.5 Å². The van der Waals surface area contributed by atoms with E-state index in [1.165, 1.54) is 0 Å². The van der Waals surface area contributed by atoms with Gasteiger partial charge < -0.3 is 4.74 Å². The molecule has 0 radical (unpaired) electrons. The lowest BCUT2D eigenvalue weighted by molar-refractivity contribution is 0.147. The van der Waals surface area contributed by atoms with Crippen LogP contribution in [0.4, 0.5) is 8.78 Å². The van der Waals surface area contributed by atoms with Gasteiger partial charge >= 0.3 is 0 Å². The molecule has 0 heterocycles. The van der Waals surface area contributed by atoms with Crippen LogP contribution in [0, 0.1) is 0 Å². The normalized spacial score (nSPS) is 10.9. The van der Waals surface area contributed by atoms with Crippen LogP contribution in [-0.4, -0.2) is 13.0 Å². The van der Waals surface area contributed by atoms with Gasteiger partial charge in [-0.15, -0.1) is 0 Å². The van der Waals surface area contributed by atoms with Gasteiger partial charge in [0.2, 0.25) is 6.43 Å². The van der Waals surface area contributed by atoms with Crippen LogP contribution < -0.4 is 4.74 Å². The van der Waals surface area contributed by atoms with E-state index in [1.807, 2.05) is 0 Å². The third-order valence-corrected chi connectivity index (χ3v) is 2.77. The summed E-state index contributed by atoms with van der Waals surface area (Å²) in [6.07, 6.45) is 2.41. The second kappa shape index (κ2) is 7.89. The molecule has 0 bridgehead atoms. The van der Waals surface area contributed by atoms with Gasteiger partial charge in [-0.1, -0.05) is 47.3 Å². The summed E-state index contributed by atoms with van der Waals surface area (Å²) in [6, 6.07) is 5.07. The van der Waals surface area contributed by atoms with Crippen molar-refractivity contribution in [3.63, 3.8) is 0 Å². The molecular weight excluding hydrogens is 314 g/mol. The van der Waals surface area contributed by atoms with Crippen LogP contribution in [0.3, 0.4) is 0 Å². The summed E-state index contributed by atoms with van der Waals surface area (Å²) in [5, 5.41) is 0. The highest BCUT2D eigenvalue weighted by molar-refractivity contribution is 9.10. The molecule has 1 aromatic rings. The summed E-state index contributed by atoms with van der Waals surface area (Å²) in [5.74, 6) is 0.455. The molecule has 1 aromatic carbocycles. The molecular formula is C15H15BrF2O. The van der Waals surface area contributed by atoms with Crippen molar-refractivity contribution >= 4 is 15.9 Å². The number of benzene rings is 1. The van der Waals surface area contributed by atoms with Crippen molar-refractivity contribution < 1.29 is 13.5 Å². The highest BCUT2D eigenvalue weighted by atomic mass is 79.9. The van der Waals surface area contributed by atoms with Crippen LogP contribution in [0.1, 0.15) is 5.56 Å². The Balaban J connectivity index is 2.74. The highest BCUT2D eigenvalue weighted by Crippen LogP contribution is 2.25. The fraction of sp³-hybridized carbons (Fsp3) is 0.200. The zero-order chi connectivity index (χ0) is 14.3. The van der Waals surface area contributed by atoms with Crippen molar-refractivity contribution in [1.82, 2.24) is 0 Å². The molecule has 0 N–H and O–H groups in total. The molecule has 19 heavy (non-hydrogen) atoms. The molecule has 4 heteroatoms. The minimum absolute atomic E-state index is 0.252. The zero-order valence-corrected chi connectivity index (χ0v) is 12.0. The third kappa shape index (κ3) is 5.83. The molecule has 0 spiro atoms. The Morgan fingerprint density at radius 1 is 1.42 bits per heavy atom. The minimum atomic E-state index is -2.40. The maximum absolute atomic E-state index is 12.5. The summed E-state index contributed by atoms with van der Waals surface area (Å²) < 4.78 is 31.2. The van der Waals surface area contributed by atoms with Crippen molar-refractivity contribution in [3.05, 3.63) is 65.2 Å². The van der Waals surface area contributed by atoms with E-state index in [-0.39, 0.29) is 13.0 Å². The smallest absolute Gasteiger partial charge is 0.242 e. The molecule has 0 aliphatic rings. The number of allylic oxidation sites excluding steroid dienone is 2. The lowest BCUT2D eigenvalue weighted by Gasteiger charge is -2.12. The van der Waals surface area contributed by atoms with Gasteiger partial charge in [0.15, 0.2) is 0 Å². The Morgan fingerprint density at radius 3 is 2.79 bits per heavy atom. The largest absolute Gasteiger partial charge is 0.489 e. The van der Waals surface area contributed by atoms with E-state index in [0.29, 0.717) is 11.3 Å². The number of ether oxygens (including phenoxy) is 1. The summed E-state index contributed by atoms with van der Waals surface area (Å²) in [4.78, 5) is 0. The fourth-order valence-electron chi connectivity index (χ4n) is 1.44. The van der Waals surface area contributed by atoms with Gasteiger partial charge in [0.1, 0.15) is 12.4 Å². The molecule has 0 unspecified atom stereocenters. The molecule has 0 aliphatic carbocycles. The minimum Gasteiger partial charge on any atom is -0.489 e. The summed E-state index contributed by atoms with van der Waals surface area (Å²) in [6.45, 7) is 7.60. The molecule has 0 saturated heterocycles. The average Bonchev–Trinajstić information content (AvgIpc) is 2.34. The molecule has 0 amide bonds. The number of hydrogen-bond acceptors (Lipinski definition) is 1. The van der Waals surface area contributed by atoms with Gasteiger partial charge in [0.25, 0.3) is 0 Å². The SMILES string of the molecule is C=C/C=C\C(=C)COc1ccc(Br)cc1CC(F)F.